The molecule has 0 aliphatic rings. The Hall–Kier alpha value is -2.41. The molecule has 0 aliphatic carbocycles. The average Bonchev–Trinajstić information content (AvgIpc) is 2.60. The lowest BCUT2D eigenvalue weighted by Gasteiger charge is -2.17. The van der Waals surface area contributed by atoms with Crippen molar-refractivity contribution in [2.45, 2.75) is 25.6 Å². The maximum Gasteiger partial charge on any atom is 0.405 e. The Kier molecular flexibility index (Phi) is 6.74. The second-order valence-corrected chi connectivity index (χ2v) is 5.96. The predicted molar refractivity (Wildman–Crippen MR) is 89.9 cm³/mol. The van der Waals surface area contributed by atoms with Crippen molar-refractivity contribution in [3.8, 4) is 0 Å². The summed E-state index contributed by atoms with van der Waals surface area (Å²) in [4.78, 5) is 11.7. The molecule has 3 nitrogen and oxygen atoms in total. The van der Waals surface area contributed by atoms with Gasteiger partial charge in [0.15, 0.2) is 6.54 Å². The first-order valence-corrected chi connectivity index (χ1v) is 8.29. The van der Waals surface area contributed by atoms with Gasteiger partial charge in [-0.2, -0.15) is 13.2 Å². The molecule has 1 amide bonds. The highest BCUT2D eigenvalue weighted by Crippen LogP contribution is 2.20. The number of halogens is 4. The standard InChI is InChI=1S/C19H20F4N2O/c1-2-13-6-8-14(9-7-13)18(15-4-3-5-16(20)10-15)24-11-17(26)25-12-19(21,22)23/h3-10,18,24H,2,11-12H2,1H3,(H,25,26)/p+1/t18-/m1/s1. The molecular weight excluding hydrogens is 348 g/mol. The minimum atomic E-state index is -4.45. The van der Waals surface area contributed by atoms with Crippen molar-refractivity contribution in [3.05, 3.63) is 71.0 Å². The molecule has 1 atom stereocenters. The van der Waals surface area contributed by atoms with Gasteiger partial charge in [0.2, 0.25) is 0 Å². The van der Waals surface area contributed by atoms with E-state index in [0.717, 1.165) is 17.5 Å². The normalized spacial score (nSPS) is 12.7. The van der Waals surface area contributed by atoms with Gasteiger partial charge in [0.05, 0.1) is 0 Å². The largest absolute Gasteiger partial charge is 0.405 e. The van der Waals surface area contributed by atoms with E-state index in [1.54, 1.807) is 17.4 Å². The lowest BCUT2D eigenvalue weighted by molar-refractivity contribution is -0.676. The van der Waals surface area contributed by atoms with Crippen LogP contribution in [0.1, 0.15) is 29.7 Å². The van der Waals surface area contributed by atoms with E-state index in [1.165, 1.54) is 12.1 Å². The maximum absolute atomic E-state index is 13.6. The van der Waals surface area contributed by atoms with Crippen LogP contribution in [0.15, 0.2) is 48.5 Å². The van der Waals surface area contributed by atoms with Gasteiger partial charge in [0, 0.05) is 11.1 Å². The fourth-order valence-electron chi connectivity index (χ4n) is 2.62. The summed E-state index contributed by atoms with van der Waals surface area (Å²) in [6, 6.07) is 13.2. The highest BCUT2D eigenvalue weighted by Gasteiger charge is 2.28. The van der Waals surface area contributed by atoms with Crippen molar-refractivity contribution in [2.24, 2.45) is 0 Å². The highest BCUT2D eigenvalue weighted by atomic mass is 19.4. The third-order valence-electron chi connectivity index (χ3n) is 3.98. The van der Waals surface area contributed by atoms with Crippen LogP contribution in [0.25, 0.3) is 0 Å². The number of alkyl halides is 3. The number of carbonyl (C=O) groups is 1. The third-order valence-corrected chi connectivity index (χ3v) is 3.98. The number of quaternary nitrogens is 1. The Balaban J connectivity index is 2.14. The van der Waals surface area contributed by atoms with Gasteiger partial charge in [-0.05, 0) is 24.1 Å². The van der Waals surface area contributed by atoms with Crippen LogP contribution in [-0.4, -0.2) is 25.2 Å². The number of nitrogens with two attached hydrogens (primary N) is 1. The van der Waals surface area contributed by atoms with Crippen LogP contribution < -0.4 is 10.6 Å². The van der Waals surface area contributed by atoms with Crippen LogP contribution >= 0.6 is 0 Å². The molecule has 0 aliphatic heterocycles. The molecule has 140 valence electrons. The Bertz CT molecular complexity index is 729. The number of nitrogens with one attached hydrogen (secondary N) is 1. The first-order chi connectivity index (χ1) is 12.3. The van der Waals surface area contributed by atoms with Gasteiger partial charge < -0.3 is 10.6 Å². The second kappa shape index (κ2) is 8.80. The molecule has 0 bridgehead atoms. The summed E-state index contributed by atoms with van der Waals surface area (Å²) in [7, 11) is 0. The second-order valence-electron chi connectivity index (χ2n) is 5.96. The first-order valence-electron chi connectivity index (χ1n) is 8.29. The molecule has 0 radical (unpaired) electrons. The number of aryl methyl sites for hydroxylation is 1. The molecule has 0 fully saturated rings. The van der Waals surface area contributed by atoms with Crippen LogP contribution in [0, 0.1) is 5.82 Å². The summed E-state index contributed by atoms with van der Waals surface area (Å²) < 4.78 is 50.2. The van der Waals surface area contributed by atoms with Crippen molar-refractivity contribution < 1.29 is 27.7 Å². The minimum Gasteiger partial charge on any atom is -0.342 e. The van der Waals surface area contributed by atoms with Crippen LogP contribution in [0.2, 0.25) is 0 Å². The molecular formula is C19H21F4N2O+. The summed E-state index contributed by atoms with van der Waals surface area (Å²) in [6.07, 6.45) is -3.58. The van der Waals surface area contributed by atoms with Crippen LogP contribution in [-0.2, 0) is 11.2 Å². The molecule has 2 aromatic rings. The zero-order valence-corrected chi connectivity index (χ0v) is 14.3. The molecule has 0 saturated carbocycles. The van der Waals surface area contributed by atoms with Gasteiger partial charge in [-0.1, -0.05) is 43.3 Å². The van der Waals surface area contributed by atoms with Gasteiger partial charge >= 0.3 is 6.18 Å². The Morgan fingerprint density at radius 1 is 1.12 bits per heavy atom. The fourth-order valence-corrected chi connectivity index (χ4v) is 2.62. The topological polar surface area (TPSA) is 45.7 Å². The van der Waals surface area contributed by atoms with Crippen molar-refractivity contribution in [1.82, 2.24) is 5.32 Å². The van der Waals surface area contributed by atoms with E-state index in [2.05, 4.69) is 0 Å². The van der Waals surface area contributed by atoms with E-state index in [4.69, 9.17) is 0 Å². The van der Waals surface area contributed by atoms with Gasteiger partial charge in [0.25, 0.3) is 5.91 Å². The van der Waals surface area contributed by atoms with Gasteiger partial charge in [0.1, 0.15) is 18.4 Å². The Morgan fingerprint density at radius 3 is 2.38 bits per heavy atom. The maximum atomic E-state index is 13.6. The predicted octanol–water partition coefficient (Wildman–Crippen LogP) is 2.72. The molecule has 26 heavy (non-hydrogen) atoms. The first kappa shape index (κ1) is 19.9. The molecule has 0 aromatic heterocycles. The highest BCUT2D eigenvalue weighted by molar-refractivity contribution is 5.76. The monoisotopic (exact) mass is 369 g/mol. The molecule has 2 rings (SSSR count). The lowest BCUT2D eigenvalue weighted by Crippen LogP contribution is -2.87. The van der Waals surface area contributed by atoms with Gasteiger partial charge in [-0.25, -0.2) is 4.39 Å². The van der Waals surface area contributed by atoms with Gasteiger partial charge in [-0.3, -0.25) is 4.79 Å². The van der Waals surface area contributed by atoms with Crippen molar-refractivity contribution in [2.75, 3.05) is 13.1 Å². The van der Waals surface area contributed by atoms with Crippen LogP contribution in [0.5, 0.6) is 0 Å². The molecule has 0 spiro atoms. The average molecular weight is 369 g/mol. The number of carbonyl (C=O) groups excluding carboxylic acids is 1. The zero-order chi connectivity index (χ0) is 19.2. The Labute approximate surface area is 149 Å². The van der Waals surface area contributed by atoms with E-state index >= 15 is 0 Å². The fraction of sp³-hybridized carbons (Fsp3) is 0.316. The SMILES string of the molecule is CCc1ccc([C@@H]([NH2+]CC(=O)NCC(F)(F)F)c2cccc(F)c2)cc1. The van der Waals surface area contributed by atoms with E-state index in [1.807, 2.05) is 36.5 Å². The van der Waals surface area contributed by atoms with Crippen molar-refractivity contribution in [1.29, 1.82) is 0 Å². The number of benzene rings is 2. The lowest BCUT2D eigenvalue weighted by atomic mass is 9.97. The summed E-state index contributed by atoms with van der Waals surface area (Å²) >= 11 is 0. The van der Waals surface area contributed by atoms with Crippen molar-refractivity contribution in [3.63, 3.8) is 0 Å². The Morgan fingerprint density at radius 2 is 1.81 bits per heavy atom. The summed E-state index contributed by atoms with van der Waals surface area (Å²) in [5.41, 5.74) is 2.61. The molecule has 0 heterocycles. The van der Waals surface area contributed by atoms with Crippen LogP contribution in [0.4, 0.5) is 17.6 Å². The summed E-state index contributed by atoms with van der Waals surface area (Å²) in [5.74, 6) is -1.14. The number of hydrogen-bond acceptors (Lipinski definition) is 1. The smallest absolute Gasteiger partial charge is 0.342 e. The number of hydrogen-bond donors (Lipinski definition) is 2. The van der Waals surface area contributed by atoms with E-state index in [9.17, 15) is 22.4 Å². The number of amides is 1. The molecule has 2 aromatic carbocycles. The quantitative estimate of drug-likeness (QED) is 0.725. The van der Waals surface area contributed by atoms with Crippen LogP contribution in [0.3, 0.4) is 0 Å². The summed E-state index contributed by atoms with van der Waals surface area (Å²) in [5, 5.41) is 3.44. The van der Waals surface area contributed by atoms with E-state index in [-0.39, 0.29) is 6.54 Å². The van der Waals surface area contributed by atoms with E-state index in [0.29, 0.717) is 5.56 Å². The molecule has 0 unspecified atom stereocenters. The number of rotatable bonds is 7. The molecule has 7 heteroatoms. The molecule has 0 saturated heterocycles. The summed E-state index contributed by atoms with van der Waals surface area (Å²) in [6.45, 7) is 0.457. The van der Waals surface area contributed by atoms with E-state index < -0.39 is 30.5 Å². The minimum absolute atomic E-state index is 0.202. The van der Waals surface area contributed by atoms with Gasteiger partial charge in [-0.15, -0.1) is 0 Å². The third kappa shape index (κ3) is 6.15. The van der Waals surface area contributed by atoms with Crippen molar-refractivity contribution >= 4 is 5.91 Å². The zero-order valence-electron chi connectivity index (χ0n) is 14.3. The molecule has 3 N–H and O–H groups in total.